The number of carbonyl (C=O) groups excluding carboxylic acids is 1. The van der Waals surface area contributed by atoms with Crippen molar-refractivity contribution in [3.8, 4) is 0 Å². The van der Waals surface area contributed by atoms with Crippen molar-refractivity contribution in [3.05, 3.63) is 0 Å². The highest BCUT2D eigenvalue weighted by atomic mass is 16.5. The zero-order valence-electron chi connectivity index (χ0n) is 36.8. The summed E-state index contributed by atoms with van der Waals surface area (Å²) in [6, 6.07) is 0. The van der Waals surface area contributed by atoms with Crippen LogP contribution < -0.4 is 0 Å². The fourth-order valence-electron chi connectivity index (χ4n) is 7.71. The van der Waals surface area contributed by atoms with Gasteiger partial charge in [0.2, 0.25) is 0 Å². The number of aliphatic hydroxyl groups excluding tert-OH is 1. The van der Waals surface area contributed by atoms with Gasteiger partial charge in [0, 0.05) is 13.2 Å². The molecule has 5 heteroatoms. The quantitative estimate of drug-likeness (QED) is 0.0496. The summed E-state index contributed by atoms with van der Waals surface area (Å²) in [5.41, 5.74) is 0. The topological polar surface area (TPSA) is 59.0 Å². The number of hydrogen-bond donors (Lipinski definition) is 1. The minimum Gasteiger partial charge on any atom is -0.465 e. The minimum absolute atomic E-state index is 0.0717. The first-order chi connectivity index (χ1) is 26.1. The van der Waals surface area contributed by atoms with Crippen LogP contribution in [0.2, 0.25) is 0 Å². The Bertz CT molecular complexity index is 703. The Morgan fingerprint density at radius 3 is 1.26 bits per heavy atom. The number of rotatable bonds is 45. The summed E-state index contributed by atoms with van der Waals surface area (Å²) >= 11 is 0. The van der Waals surface area contributed by atoms with Gasteiger partial charge in [-0.15, -0.1) is 0 Å². The maximum atomic E-state index is 13.0. The fraction of sp³-hybridized carbons (Fsp3) is 0.979. The molecule has 0 radical (unpaired) electrons. The van der Waals surface area contributed by atoms with Gasteiger partial charge in [0.05, 0.1) is 18.6 Å². The van der Waals surface area contributed by atoms with Crippen LogP contribution in [0.15, 0.2) is 0 Å². The van der Waals surface area contributed by atoms with Gasteiger partial charge in [-0.05, 0) is 83.8 Å². The molecule has 0 fully saturated rings. The maximum absolute atomic E-state index is 13.0. The van der Waals surface area contributed by atoms with Crippen LogP contribution in [-0.4, -0.2) is 61.5 Å². The third kappa shape index (κ3) is 38.0. The second-order valence-corrected chi connectivity index (χ2v) is 16.6. The number of esters is 1. The zero-order valence-corrected chi connectivity index (χ0v) is 36.8. The molecule has 0 aromatic carbocycles. The van der Waals surface area contributed by atoms with Crippen LogP contribution in [0.25, 0.3) is 0 Å². The van der Waals surface area contributed by atoms with Gasteiger partial charge in [-0.2, -0.15) is 0 Å². The molecule has 0 bridgehead atoms. The fourth-order valence-corrected chi connectivity index (χ4v) is 7.71. The van der Waals surface area contributed by atoms with E-state index in [2.05, 4.69) is 32.6 Å². The molecule has 5 nitrogen and oxygen atoms in total. The monoisotopic (exact) mass is 752 g/mol. The van der Waals surface area contributed by atoms with Gasteiger partial charge < -0.3 is 19.5 Å². The highest BCUT2D eigenvalue weighted by Gasteiger charge is 2.19. The number of aliphatic hydroxyl groups is 1. The van der Waals surface area contributed by atoms with Crippen LogP contribution in [-0.2, 0) is 14.3 Å². The molecule has 0 heterocycles. The Kier molecular flexibility index (Phi) is 43.5. The molecule has 318 valence electrons. The minimum atomic E-state index is 0.0717. The van der Waals surface area contributed by atoms with E-state index in [-0.39, 0.29) is 11.9 Å². The highest BCUT2D eigenvalue weighted by Crippen LogP contribution is 2.21. The summed E-state index contributed by atoms with van der Waals surface area (Å²) in [6.45, 7) is 14.3. The first-order valence-electron chi connectivity index (χ1n) is 24.2. The van der Waals surface area contributed by atoms with Gasteiger partial charge in [0.1, 0.15) is 0 Å². The average molecular weight is 752 g/mol. The smallest absolute Gasteiger partial charge is 0.308 e. The lowest BCUT2D eigenvalue weighted by atomic mass is 9.94. The summed E-state index contributed by atoms with van der Waals surface area (Å²) in [6.07, 6.45) is 44.1. The largest absolute Gasteiger partial charge is 0.465 e. The second kappa shape index (κ2) is 44.1. The Hall–Kier alpha value is -0.650. The lowest BCUT2D eigenvalue weighted by Crippen LogP contribution is -2.27. The van der Waals surface area contributed by atoms with Crippen molar-refractivity contribution in [1.29, 1.82) is 0 Å². The first-order valence-corrected chi connectivity index (χ1v) is 24.2. The number of carbonyl (C=O) groups is 1. The van der Waals surface area contributed by atoms with E-state index in [0.29, 0.717) is 19.3 Å². The van der Waals surface area contributed by atoms with Crippen molar-refractivity contribution in [2.75, 3.05) is 39.5 Å². The SMILES string of the molecule is CCCCCCCCC(CCCCCCC)OCCCCCCN(CCCCO)CCCCCCOC(=O)C(CCCCCC)CCCCCCCC. The molecule has 0 aliphatic heterocycles. The van der Waals surface area contributed by atoms with E-state index in [4.69, 9.17) is 9.47 Å². The maximum Gasteiger partial charge on any atom is 0.308 e. The number of unbranched alkanes of at least 4 members (excludes halogenated alkanes) is 24. The molecular weight excluding hydrogens is 655 g/mol. The molecular formula is C48H97NO4. The van der Waals surface area contributed by atoms with E-state index in [1.807, 2.05) is 0 Å². The van der Waals surface area contributed by atoms with Crippen molar-refractivity contribution < 1.29 is 19.4 Å². The van der Waals surface area contributed by atoms with Crippen LogP contribution >= 0.6 is 0 Å². The van der Waals surface area contributed by atoms with Gasteiger partial charge in [0.25, 0.3) is 0 Å². The van der Waals surface area contributed by atoms with Crippen molar-refractivity contribution in [3.63, 3.8) is 0 Å². The molecule has 2 atom stereocenters. The Balaban J connectivity index is 4.33. The van der Waals surface area contributed by atoms with Gasteiger partial charge in [-0.25, -0.2) is 0 Å². The van der Waals surface area contributed by atoms with Crippen molar-refractivity contribution >= 4 is 5.97 Å². The van der Waals surface area contributed by atoms with E-state index < -0.39 is 0 Å². The lowest BCUT2D eigenvalue weighted by Gasteiger charge is -2.22. The third-order valence-corrected chi connectivity index (χ3v) is 11.4. The molecule has 1 N–H and O–H groups in total. The summed E-state index contributed by atoms with van der Waals surface area (Å²) < 4.78 is 12.3. The molecule has 0 aromatic heterocycles. The predicted octanol–water partition coefficient (Wildman–Crippen LogP) is 14.6. The number of hydrogen-bond acceptors (Lipinski definition) is 5. The molecule has 0 saturated carbocycles. The van der Waals surface area contributed by atoms with Crippen LogP contribution in [0, 0.1) is 5.92 Å². The van der Waals surface area contributed by atoms with Crippen molar-refractivity contribution in [2.45, 2.75) is 259 Å². The normalized spacial score (nSPS) is 12.9. The van der Waals surface area contributed by atoms with Crippen molar-refractivity contribution in [1.82, 2.24) is 4.90 Å². The van der Waals surface area contributed by atoms with Gasteiger partial charge in [0.15, 0.2) is 0 Å². The Labute approximate surface area is 333 Å². The first kappa shape index (κ1) is 52.3. The zero-order chi connectivity index (χ0) is 38.7. The average Bonchev–Trinajstić information content (AvgIpc) is 3.16. The predicted molar refractivity (Wildman–Crippen MR) is 232 cm³/mol. The van der Waals surface area contributed by atoms with E-state index in [0.717, 1.165) is 64.6 Å². The van der Waals surface area contributed by atoms with E-state index in [9.17, 15) is 9.90 Å². The highest BCUT2D eigenvalue weighted by molar-refractivity contribution is 5.72. The van der Waals surface area contributed by atoms with Crippen LogP contribution in [0.3, 0.4) is 0 Å². The van der Waals surface area contributed by atoms with Crippen LogP contribution in [0.5, 0.6) is 0 Å². The molecule has 0 amide bonds. The summed E-state index contributed by atoms with van der Waals surface area (Å²) in [4.78, 5) is 15.6. The Morgan fingerprint density at radius 2 is 0.792 bits per heavy atom. The van der Waals surface area contributed by atoms with E-state index in [1.165, 1.54) is 186 Å². The van der Waals surface area contributed by atoms with E-state index >= 15 is 0 Å². The van der Waals surface area contributed by atoms with Gasteiger partial charge >= 0.3 is 5.97 Å². The summed E-state index contributed by atoms with van der Waals surface area (Å²) in [7, 11) is 0. The summed E-state index contributed by atoms with van der Waals surface area (Å²) in [5.74, 6) is 0.178. The molecule has 0 aromatic rings. The van der Waals surface area contributed by atoms with Crippen molar-refractivity contribution in [2.24, 2.45) is 5.92 Å². The lowest BCUT2D eigenvalue weighted by molar-refractivity contribution is -0.149. The molecule has 0 aliphatic rings. The summed E-state index contributed by atoms with van der Waals surface area (Å²) in [5, 5.41) is 9.34. The molecule has 0 aliphatic carbocycles. The van der Waals surface area contributed by atoms with Gasteiger partial charge in [-0.1, -0.05) is 188 Å². The molecule has 53 heavy (non-hydrogen) atoms. The standard InChI is InChI=1S/C48H97NO4/c1-5-9-13-17-20-27-37-46(36-26-16-12-8-4)48(51)53-45-35-25-23-31-41-49(42-32-33-43-50)40-30-22-24-34-44-52-47(38-28-19-15-11-7-3)39-29-21-18-14-10-6-2/h46-47,50H,5-45H2,1-4H3. The van der Waals surface area contributed by atoms with Gasteiger partial charge in [-0.3, -0.25) is 4.79 Å². The van der Waals surface area contributed by atoms with E-state index in [1.54, 1.807) is 0 Å². The molecule has 0 saturated heterocycles. The molecule has 0 rings (SSSR count). The number of ether oxygens (including phenoxy) is 2. The third-order valence-electron chi connectivity index (χ3n) is 11.4. The second-order valence-electron chi connectivity index (χ2n) is 16.6. The number of nitrogens with zero attached hydrogens (tertiary/aromatic N) is 1. The Morgan fingerprint density at radius 1 is 0.434 bits per heavy atom. The van der Waals surface area contributed by atoms with Crippen LogP contribution in [0.4, 0.5) is 0 Å². The van der Waals surface area contributed by atoms with Crippen LogP contribution in [0.1, 0.15) is 252 Å². The molecule has 0 spiro atoms. The molecule has 2 unspecified atom stereocenters.